The number of amides is 2. The van der Waals surface area contributed by atoms with E-state index in [0.29, 0.717) is 11.3 Å². The van der Waals surface area contributed by atoms with E-state index >= 15 is 0 Å². The summed E-state index contributed by atoms with van der Waals surface area (Å²) < 4.78 is 25.6. The summed E-state index contributed by atoms with van der Waals surface area (Å²) in [6.07, 6.45) is 2.41. The zero-order valence-electron chi connectivity index (χ0n) is 17.1. The minimum absolute atomic E-state index is 0.228. The average Bonchev–Trinajstić information content (AvgIpc) is 3.27. The summed E-state index contributed by atoms with van der Waals surface area (Å²) in [6.45, 7) is 5.35. The summed E-state index contributed by atoms with van der Waals surface area (Å²) in [4.78, 5) is 27.4. The molecule has 2 aromatic rings. The van der Waals surface area contributed by atoms with Crippen molar-refractivity contribution in [1.82, 2.24) is 0 Å². The van der Waals surface area contributed by atoms with Crippen molar-refractivity contribution in [3.8, 4) is 0 Å². The minimum atomic E-state index is -3.71. The number of anilines is 3. The maximum atomic E-state index is 12.6. The van der Waals surface area contributed by atoms with Gasteiger partial charge in [0.05, 0.1) is 16.9 Å². The standard InChI is InChI=1S/C22H25N3O4S/c1-22(2)15-30(28,29)25(21(22)27)19-9-5-16(6-10-19)20(26)23-17-7-11-18(12-8-17)24-13-3-4-14-24/h5-12H,3-4,13-15H2,1-2H3,(H,23,26). The average molecular weight is 428 g/mol. The van der Waals surface area contributed by atoms with Gasteiger partial charge in [-0.3, -0.25) is 9.59 Å². The molecule has 0 spiro atoms. The van der Waals surface area contributed by atoms with E-state index in [2.05, 4.69) is 10.2 Å². The van der Waals surface area contributed by atoms with E-state index in [1.54, 1.807) is 13.8 Å². The third-order valence-electron chi connectivity index (χ3n) is 5.55. The number of benzene rings is 2. The van der Waals surface area contributed by atoms with E-state index in [4.69, 9.17) is 0 Å². The number of carbonyl (C=O) groups is 2. The molecule has 2 fully saturated rings. The summed E-state index contributed by atoms with van der Waals surface area (Å²) in [7, 11) is -3.71. The highest BCUT2D eigenvalue weighted by Crippen LogP contribution is 2.35. The molecule has 2 aromatic carbocycles. The number of nitrogens with zero attached hydrogens (tertiary/aromatic N) is 2. The van der Waals surface area contributed by atoms with Crippen LogP contribution in [0.15, 0.2) is 48.5 Å². The summed E-state index contributed by atoms with van der Waals surface area (Å²) >= 11 is 0. The van der Waals surface area contributed by atoms with Gasteiger partial charge >= 0.3 is 0 Å². The summed E-state index contributed by atoms with van der Waals surface area (Å²) in [5.74, 6) is -0.988. The van der Waals surface area contributed by atoms with Crippen LogP contribution in [-0.2, 0) is 14.8 Å². The Bertz CT molecular complexity index is 1070. The van der Waals surface area contributed by atoms with Gasteiger partial charge in [0.25, 0.3) is 5.91 Å². The van der Waals surface area contributed by atoms with E-state index in [0.717, 1.165) is 23.1 Å². The van der Waals surface area contributed by atoms with E-state index in [1.165, 1.54) is 37.1 Å². The minimum Gasteiger partial charge on any atom is -0.372 e. The summed E-state index contributed by atoms with van der Waals surface area (Å²) in [5, 5.41) is 2.85. The zero-order valence-corrected chi connectivity index (χ0v) is 17.9. The van der Waals surface area contributed by atoms with Crippen molar-refractivity contribution in [2.45, 2.75) is 26.7 Å². The number of rotatable bonds is 4. The molecule has 7 nitrogen and oxygen atoms in total. The van der Waals surface area contributed by atoms with Crippen LogP contribution in [0.1, 0.15) is 37.0 Å². The molecule has 2 saturated heterocycles. The zero-order chi connectivity index (χ0) is 21.5. The monoisotopic (exact) mass is 427 g/mol. The highest BCUT2D eigenvalue weighted by Gasteiger charge is 2.49. The predicted octanol–water partition coefficient (Wildman–Crippen LogP) is 3.24. The van der Waals surface area contributed by atoms with Gasteiger partial charge in [0, 0.05) is 30.0 Å². The first-order valence-electron chi connectivity index (χ1n) is 10.0. The molecule has 0 saturated carbocycles. The van der Waals surface area contributed by atoms with E-state index in [1.807, 2.05) is 24.3 Å². The Kier molecular flexibility index (Phi) is 5.05. The van der Waals surface area contributed by atoms with E-state index < -0.39 is 21.3 Å². The van der Waals surface area contributed by atoms with Gasteiger partial charge in [-0.2, -0.15) is 0 Å². The van der Waals surface area contributed by atoms with Gasteiger partial charge in [0.15, 0.2) is 0 Å². The first kappa shape index (κ1) is 20.4. The maximum absolute atomic E-state index is 12.6. The highest BCUT2D eigenvalue weighted by atomic mass is 32.2. The van der Waals surface area contributed by atoms with Gasteiger partial charge in [-0.1, -0.05) is 0 Å². The Balaban J connectivity index is 1.46. The van der Waals surface area contributed by atoms with Crippen molar-refractivity contribution in [2.24, 2.45) is 5.41 Å². The van der Waals surface area contributed by atoms with Gasteiger partial charge in [-0.15, -0.1) is 0 Å². The first-order chi connectivity index (χ1) is 14.2. The van der Waals surface area contributed by atoms with Crippen LogP contribution < -0.4 is 14.5 Å². The molecule has 4 rings (SSSR count). The quantitative estimate of drug-likeness (QED) is 0.809. The fourth-order valence-corrected chi connectivity index (χ4v) is 6.05. The van der Waals surface area contributed by atoms with Crippen LogP contribution in [0.2, 0.25) is 0 Å². The molecule has 0 aliphatic carbocycles. The topological polar surface area (TPSA) is 86.8 Å². The normalized spacial score (nSPS) is 19.9. The molecule has 8 heteroatoms. The lowest BCUT2D eigenvalue weighted by Gasteiger charge is -2.18. The lowest BCUT2D eigenvalue weighted by Crippen LogP contribution is -2.32. The molecule has 2 amide bonds. The van der Waals surface area contributed by atoms with Gasteiger partial charge in [0.2, 0.25) is 15.9 Å². The second-order valence-corrected chi connectivity index (χ2v) is 10.3. The molecule has 158 valence electrons. The number of hydrogen-bond acceptors (Lipinski definition) is 5. The number of hydrogen-bond donors (Lipinski definition) is 1. The second kappa shape index (κ2) is 7.43. The van der Waals surface area contributed by atoms with Gasteiger partial charge in [-0.05, 0) is 75.2 Å². The number of sulfonamides is 1. The SMILES string of the molecule is CC1(C)CS(=O)(=O)N(c2ccc(C(=O)Nc3ccc(N4CCCC4)cc3)cc2)C1=O. The third kappa shape index (κ3) is 3.79. The lowest BCUT2D eigenvalue weighted by molar-refractivity contribution is -0.123. The fourth-order valence-electron chi connectivity index (χ4n) is 3.94. The van der Waals surface area contributed by atoms with Crippen molar-refractivity contribution in [3.05, 3.63) is 54.1 Å². The van der Waals surface area contributed by atoms with Crippen molar-refractivity contribution >= 4 is 38.9 Å². The fraction of sp³-hybridized carbons (Fsp3) is 0.364. The number of nitrogens with one attached hydrogen (secondary N) is 1. The van der Waals surface area contributed by atoms with Crippen LogP contribution in [0, 0.1) is 5.41 Å². The van der Waals surface area contributed by atoms with Crippen molar-refractivity contribution in [2.75, 3.05) is 33.4 Å². The van der Waals surface area contributed by atoms with E-state index in [-0.39, 0.29) is 17.3 Å². The van der Waals surface area contributed by atoms with Crippen LogP contribution in [-0.4, -0.2) is 39.1 Å². The van der Waals surface area contributed by atoms with Crippen LogP contribution in [0.4, 0.5) is 17.1 Å². The molecule has 0 atom stereocenters. The predicted molar refractivity (Wildman–Crippen MR) is 117 cm³/mol. The molecule has 1 N–H and O–H groups in total. The third-order valence-corrected chi connectivity index (χ3v) is 7.56. The Morgan fingerprint density at radius 3 is 2.03 bits per heavy atom. The highest BCUT2D eigenvalue weighted by molar-refractivity contribution is 7.94. The van der Waals surface area contributed by atoms with Crippen molar-refractivity contribution < 1.29 is 18.0 Å². The molecule has 0 aromatic heterocycles. The maximum Gasteiger partial charge on any atom is 0.255 e. The molecular weight excluding hydrogens is 402 g/mol. The van der Waals surface area contributed by atoms with Gasteiger partial charge in [-0.25, -0.2) is 12.7 Å². The Morgan fingerprint density at radius 1 is 0.933 bits per heavy atom. The summed E-state index contributed by atoms with van der Waals surface area (Å²) in [5.41, 5.74) is 1.50. The number of carbonyl (C=O) groups excluding carboxylic acids is 2. The van der Waals surface area contributed by atoms with Crippen LogP contribution >= 0.6 is 0 Å². The van der Waals surface area contributed by atoms with Crippen LogP contribution in [0.25, 0.3) is 0 Å². The summed E-state index contributed by atoms with van der Waals surface area (Å²) in [6, 6.07) is 13.8. The van der Waals surface area contributed by atoms with Crippen LogP contribution in [0.3, 0.4) is 0 Å². The lowest BCUT2D eigenvalue weighted by atomic mass is 9.95. The second-order valence-electron chi connectivity index (χ2n) is 8.45. The molecule has 2 heterocycles. The Labute approximate surface area is 176 Å². The molecule has 0 bridgehead atoms. The molecule has 2 aliphatic rings. The Hall–Kier alpha value is -2.87. The smallest absolute Gasteiger partial charge is 0.255 e. The van der Waals surface area contributed by atoms with Crippen molar-refractivity contribution in [3.63, 3.8) is 0 Å². The van der Waals surface area contributed by atoms with Gasteiger partial charge in [0.1, 0.15) is 0 Å². The largest absolute Gasteiger partial charge is 0.372 e. The molecule has 2 aliphatic heterocycles. The molecule has 0 radical (unpaired) electrons. The molecule has 30 heavy (non-hydrogen) atoms. The molecule has 0 unspecified atom stereocenters. The van der Waals surface area contributed by atoms with Crippen LogP contribution in [0.5, 0.6) is 0 Å². The Morgan fingerprint density at radius 2 is 1.50 bits per heavy atom. The van der Waals surface area contributed by atoms with E-state index in [9.17, 15) is 18.0 Å². The molecular formula is C22H25N3O4S. The van der Waals surface area contributed by atoms with Crippen molar-refractivity contribution in [1.29, 1.82) is 0 Å². The van der Waals surface area contributed by atoms with Gasteiger partial charge < -0.3 is 10.2 Å². The first-order valence-corrected chi connectivity index (χ1v) is 11.6.